The van der Waals surface area contributed by atoms with E-state index in [1.807, 2.05) is 0 Å². The summed E-state index contributed by atoms with van der Waals surface area (Å²) in [4.78, 5) is 12.3. The SMILES string of the molecule is CC1CCC(CBr)(NC(=O)c2c(O)cccc2F)CC1. The van der Waals surface area contributed by atoms with Crippen LogP contribution in [0.2, 0.25) is 0 Å². The number of rotatable bonds is 3. The zero-order chi connectivity index (χ0) is 14.8. The lowest BCUT2D eigenvalue weighted by Gasteiger charge is -2.39. The van der Waals surface area contributed by atoms with E-state index in [9.17, 15) is 14.3 Å². The molecule has 0 radical (unpaired) electrons. The zero-order valence-electron chi connectivity index (χ0n) is 11.5. The van der Waals surface area contributed by atoms with Gasteiger partial charge in [-0.25, -0.2) is 4.39 Å². The molecule has 1 aromatic carbocycles. The first-order valence-electron chi connectivity index (χ1n) is 6.83. The van der Waals surface area contributed by atoms with Crippen molar-refractivity contribution in [1.29, 1.82) is 0 Å². The number of nitrogens with one attached hydrogen (secondary N) is 1. The quantitative estimate of drug-likeness (QED) is 0.823. The van der Waals surface area contributed by atoms with E-state index in [-0.39, 0.29) is 16.9 Å². The second kappa shape index (κ2) is 6.12. The fraction of sp³-hybridized carbons (Fsp3) is 0.533. The average Bonchev–Trinajstić information content (AvgIpc) is 2.41. The van der Waals surface area contributed by atoms with Gasteiger partial charge in [0.05, 0.1) is 5.54 Å². The fourth-order valence-corrected chi connectivity index (χ4v) is 3.35. The summed E-state index contributed by atoms with van der Waals surface area (Å²) in [5, 5.41) is 13.2. The molecular weight excluding hydrogens is 325 g/mol. The average molecular weight is 344 g/mol. The van der Waals surface area contributed by atoms with E-state index in [0.29, 0.717) is 11.2 Å². The van der Waals surface area contributed by atoms with Crippen molar-refractivity contribution in [2.75, 3.05) is 5.33 Å². The molecule has 1 saturated carbocycles. The van der Waals surface area contributed by atoms with Crippen molar-refractivity contribution >= 4 is 21.8 Å². The maximum atomic E-state index is 13.7. The van der Waals surface area contributed by atoms with Gasteiger partial charge in [-0.15, -0.1) is 0 Å². The van der Waals surface area contributed by atoms with Crippen LogP contribution in [0.3, 0.4) is 0 Å². The third-order valence-electron chi connectivity index (χ3n) is 4.08. The van der Waals surface area contributed by atoms with E-state index in [2.05, 4.69) is 28.2 Å². The van der Waals surface area contributed by atoms with Gasteiger partial charge in [-0.05, 0) is 43.7 Å². The molecule has 0 atom stereocenters. The summed E-state index contributed by atoms with van der Waals surface area (Å²) in [6.45, 7) is 2.20. The number of hydrogen-bond acceptors (Lipinski definition) is 2. The predicted molar refractivity (Wildman–Crippen MR) is 79.7 cm³/mol. The fourth-order valence-electron chi connectivity index (χ4n) is 2.65. The van der Waals surface area contributed by atoms with Crippen LogP contribution in [0.4, 0.5) is 4.39 Å². The van der Waals surface area contributed by atoms with E-state index in [1.165, 1.54) is 18.2 Å². The molecule has 0 bridgehead atoms. The minimum absolute atomic E-state index is 0.272. The van der Waals surface area contributed by atoms with Gasteiger partial charge < -0.3 is 10.4 Å². The van der Waals surface area contributed by atoms with Gasteiger partial charge in [0.25, 0.3) is 5.91 Å². The van der Waals surface area contributed by atoms with Gasteiger partial charge in [0.1, 0.15) is 17.1 Å². The highest BCUT2D eigenvalue weighted by Gasteiger charge is 2.35. The van der Waals surface area contributed by atoms with Gasteiger partial charge >= 0.3 is 0 Å². The first-order chi connectivity index (χ1) is 9.47. The number of alkyl halides is 1. The molecule has 0 aliphatic heterocycles. The Kier molecular flexibility index (Phi) is 4.68. The lowest BCUT2D eigenvalue weighted by Crippen LogP contribution is -2.52. The maximum Gasteiger partial charge on any atom is 0.258 e. The molecule has 1 amide bonds. The molecule has 3 nitrogen and oxygen atoms in total. The van der Waals surface area contributed by atoms with Crippen LogP contribution in [-0.2, 0) is 0 Å². The second-order valence-corrected chi connectivity index (χ2v) is 6.25. The largest absolute Gasteiger partial charge is 0.507 e. The lowest BCUT2D eigenvalue weighted by atomic mass is 9.78. The van der Waals surface area contributed by atoms with Gasteiger partial charge in [-0.1, -0.05) is 28.9 Å². The van der Waals surface area contributed by atoms with Crippen LogP contribution in [0.25, 0.3) is 0 Å². The molecule has 0 spiro atoms. The Hall–Kier alpha value is -1.10. The first-order valence-corrected chi connectivity index (χ1v) is 7.95. The highest BCUT2D eigenvalue weighted by atomic mass is 79.9. The molecule has 2 N–H and O–H groups in total. The van der Waals surface area contributed by atoms with Crippen molar-refractivity contribution in [3.63, 3.8) is 0 Å². The molecule has 0 heterocycles. The number of carbonyl (C=O) groups is 1. The summed E-state index contributed by atoms with van der Waals surface area (Å²) in [7, 11) is 0. The number of halogens is 2. The Morgan fingerprint density at radius 1 is 1.50 bits per heavy atom. The normalized spacial score (nSPS) is 26.2. The molecule has 2 rings (SSSR count). The highest BCUT2D eigenvalue weighted by molar-refractivity contribution is 9.09. The van der Waals surface area contributed by atoms with Crippen molar-refractivity contribution < 1.29 is 14.3 Å². The third kappa shape index (κ3) is 3.14. The Morgan fingerprint density at radius 2 is 2.15 bits per heavy atom. The van der Waals surface area contributed by atoms with Gasteiger partial charge in [0, 0.05) is 5.33 Å². The number of phenols is 1. The van der Waals surface area contributed by atoms with Crippen LogP contribution < -0.4 is 5.32 Å². The molecule has 110 valence electrons. The van der Waals surface area contributed by atoms with E-state index < -0.39 is 11.7 Å². The number of aromatic hydroxyl groups is 1. The van der Waals surface area contributed by atoms with Gasteiger partial charge in [0.15, 0.2) is 0 Å². The Balaban J connectivity index is 2.18. The number of phenolic OH excluding ortho intramolecular Hbond substituents is 1. The van der Waals surface area contributed by atoms with Gasteiger partial charge in [-0.2, -0.15) is 0 Å². The predicted octanol–water partition coefficient (Wildman–Crippen LogP) is 3.60. The summed E-state index contributed by atoms with van der Waals surface area (Å²) in [6, 6.07) is 3.88. The molecule has 1 aliphatic rings. The zero-order valence-corrected chi connectivity index (χ0v) is 13.0. The second-order valence-electron chi connectivity index (χ2n) is 5.68. The number of benzene rings is 1. The maximum absolute atomic E-state index is 13.7. The summed E-state index contributed by atoms with van der Waals surface area (Å²) < 4.78 is 13.7. The minimum Gasteiger partial charge on any atom is -0.507 e. The van der Waals surface area contributed by atoms with Crippen molar-refractivity contribution in [3.05, 3.63) is 29.6 Å². The van der Waals surface area contributed by atoms with Crippen molar-refractivity contribution in [2.45, 2.75) is 38.1 Å². The van der Waals surface area contributed by atoms with E-state index in [1.54, 1.807) is 0 Å². The molecule has 1 aromatic rings. The molecule has 0 aromatic heterocycles. The Bertz CT molecular complexity index is 478. The van der Waals surface area contributed by atoms with Crippen LogP contribution >= 0.6 is 15.9 Å². The van der Waals surface area contributed by atoms with E-state index >= 15 is 0 Å². The van der Waals surface area contributed by atoms with Crippen molar-refractivity contribution in [1.82, 2.24) is 5.32 Å². The molecule has 0 saturated heterocycles. The van der Waals surface area contributed by atoms with E-state index in [4.69, 9.17) is 0 Å². The molecule has 20 heavy (non-hydrogen) atoms. The van der Waals surface area contributed by atoms with Crippen LogP contribution in [0.15, 0.2) is 18.2 Å². The standard InChI is InChI=1S/C15H19BrFNO2/c1-10-5-7-15(9-16,8-6-10)18-14(20)13-11(17)3-2-4-12(13)19/h2-4,10,19H,5-9H2,1H3,(H,18,20). The Labute approximate surface area is 126 Å². The summed E-state index contributed by atoms with van der Waals surface area (Å²) >= 11 is 3.46. The monoisotopic (exact) mass is 343 g/mol. The van der Waals surface area contributed by atoms with Crippen LogP contribution in [0, 0.1) is 11.7 Å². The minimum atomic E-state index is -0.698. The topological polar surface area (TPSA) is 49.3 Å². The van der Waals surface area contributed by atoms with Gasteiger partial charge in [-0.3, -0.25) is 4.79 Å². The summed E-state index contributed by atoms with van der Waals surface area (Å²) in [6.07, 6.45) is 3.80. The van der Waals surface area contributed by atoms with Crippen molar-refractivity contribution in [3.8, 4) is 5.75 Å². The number of carbonyl (C=O) groups excluding carboxylic acids is 1. The van der Waals surface area contributed by atoms with Gasteiger partial charge in [0.2, 0.25) is 0 Å². The summed E-state index contributed by atoms with van der Waals surface area (Å²) in [5.41, 5.74) is -0.621. The van der Waals surface area contributed by atoms with Crippen LogP contribution in [0.5, 0.6) is 5.75 Å². The Morgan fingerprint density at radius 3 is 2.70 bits per heavy atom. The molecule has 5 heteroatoms. The summed E-state index contributed by atoms with van der Waals surface area (Å²) in [5.74, 6) is -0.914. The number of hydrogen-bond donors (Lipinski definition) is 2. The molecular formula is C15H19BrFNO2. The first kappa shape index (κ1) is 15.3. The molecule has 1 fully saturated rings. The molecule has 0 unspecified atom stereocenters. The van der Waals surface area contributed by atoms with Crippen molar-refractivity contribution in [2.24, 2.45) is 5.92 Å². The third-order valence-corrected chi connectivity index (χ3v) is 5.16. The number of amides is 1. The van der Waals surface area contributed by atoms with Crippen LogP contribution in [0.1, 0.15) is 43.0 Å². The highest BCUT2D eigenvalue weighted by Crippen LogP contribution is 2.34. The molecule has 1 aliphatic carbocycles. The smallest absolute Gasteiger partial charge is 0.258 e. The van der Waals surface area contributed by atoms with Crippen LogP contribution in [-0.4, -0.2) is 21.9 Å². The lowest BCUT2D eigenvalue weighted by molar-refractivity contribution is 0.0867. The van der Waals surface area contributed by atoms with E-state index in [0.717, 1.165) is 25.7 Å².